The number of hydrogen-bond donors (Lipinski definition) is 1. The summed E-state index contributed by atoms with van der Waals surface area (Å²) in [4.78, 5) is 0. The molecule has 0 aromatic rings. The molecular formula is C11H22FNS. The molecule has 0 heterocycles. The summed E-state index contributed by atoms with van der Waals surface area (Å²) in [6, 6.07) is 0. The first-order valence-corrected chi connectivity index (χ1v) is 6.75. The molecular weight excluding hydrogens is 197 g/mol. The summed E-state index contributed by atoms with van der Waals surface area (Å²) in [6.07, 6.45) is 3.24. The summed E-state index contributed by atoms with van der Waals surface area (Å²) >= 11 is 1.80. The summed E-state index contributed by atoms with van der Waals surface area (Å²) in [5, 5.41) is 0.500. The molecule has 2 N–H and O–H groups in total. The van der Waals surface area contributed by atoms with Crippen molar-refractivity contribution in [2.45, 2.75) is 38.1 Å². The standard InChI is InChI=1S/C11H22FNS/c1-7(2)9-4-8(14-3)5-11(12)10(9)6-13/h7-11H,4-6,13H2,1-3H3/t8?,9-,10?,11+/m0/s1. The Labute approximate surface area is 91.0 Å². The van der Waals surface area contributed by atoms with E-state index in [-0.39, 0.29) is 5.92 Å². The minimum absolute atomic E-state index is 0.0957. The normalized spacial score (nSPS) is 39.0. The number of rotatable bonds is 3. The topological polar surface area (TPSA) is 26.0 Å². The van der Waals surface area contributed by atoms with Crippen LogP contribution in [-0.4, -0.2) is 24.2 Å². The maximum atomic E-state index is 13.8. The maximum absolute atomic E-state index is 13.8. The predicted molar refractivity (Wildman–Crippen MR) is 62.3 cm³/mol. The molecule has 0 saturated heterocycles. The second kappa shape index (κ2) is 5.36. The second-order valence-corrected chi connectivity index (χ2v) is 5.79. The van der Waals surface area contributed by atoms with Gasteiger partial charge in [0, 0.05) is 11.2 Å². The van der Waals surface area contributed by atoms with Gasteiger partial charge in [-0.3, -0.25) is 0 Å². The van der Waals surface area contributed by atoms with E-state index < -0.39 is 6.17 Å². The third-order valence-corrected chi connectivity index (χ3v) is 4.55. The fourth-order valence-corrected chi connectivity index (χ4v) is 3.34. The average Bonchev–Trinajstić information content (AvgIpc) is 2.16. The first-order valence-electron chi connectivity index (χ1n) is 5.47. The van der Waals surface area contributed by atoms with Gasteiger partial charge in [0.25, 0.3) is 0 Å². The summed E-state index contributed by atoms with van der Waals surface area (Å²) in [5.74, 6) is 1.12. The van der Waals surface area contributed by atoms with Gasteiger partial charge in [0.1, 0.15) is 6.17 Å². The van der Waals surface area contributed by atoms with Gasteiger partial charge in [0.05, 0.1) is 0 Å². The van der Waals surface area contributed by atoms with Crippen molar-refractivity contribution in [1.29, 1.82) is 0 Å². The Bertz CT molecular complexity index is 175. The number of hydrogen-bond acceptors (Lipinski definition) is 2. The van der Waals surface area contributed by atoms with Crippen molar-refractivity contribution >= 4 is 11.8 Å². The Morgan fingerprint density at radius 3 is 2.50 bits per heavy atom. The summed E-state index contributed by atoms with van der Waals surface area (Å²) in [7, 11) is 0. The molecule has 3 heteroatoms. The van der Waals surface area contributed by atoms with Crippen LogP contribution in [0, 0.1) is 17.8 Å². The molecule has 0 aromatic heterocycles. The molecule has 0 aromatic carbocycles. The minimum Gasteiger partial charge on any atom is -0.330 e. The zero-order valence-corrected chi connectivity index (χ0v) is 10.2. The van der Waals surface area contributed by atoms with Crippen LogP contribution in [0.2, 0.25) is 0 Å². The third kappa shape index (κ3) is 2.63. The van der Waals surface area contributed by atoms with Crippen LogP contribution in [0.15, 0.2) is 0 Å². The second-order valence-electron chi connectivity index (χ2n) is 4.65. The molecule has 1 aliphatic rings. The predicted octanol–water partition coefficient (Wildman–Crippen LogP) is 2.70. The van der Waals surface area contributed by atoms with Crippen LogP contribution in [0.25, 0.3) is 0 Å². The van der Waals surface area contributed by atoms with Gasteiger partial charge in [-0.15, -0.1) is 0 Å². The summed E-state index contributed by atoms with van der Waals surface area (Å²) < 4.78 is 13.8. The van der Waals surface area contributed by atoms with E-state index in [0.717, 1.165) is 6.42 Å². The first kappa shape index (κ1) is 12.3. The minimum atomic E-state index is -0.682. The highest BCUT2D eigenvalue weighted by Gasteiger charge is 2.38. The number of halogens is 1. The molecule has 1 saturated carbocycles. The Balaban J connectivity index is 2.66. The van der Waals surface area contributed by atoms with Gasteiger partial charge in [0.15, 0.2) is 0 Å². The Morgan fingerprint density at radius 1 is 1.43 bits per heavy atom. The fraction of sp³-hybridized carbons (Fsp3) is 1.00. The molecule has 0 amide bonds. The molecule has 0 aliphatic heterocycles. The van der Waals surface area contributed by atoms with Gasteiger partial charge in [0.2, 0.25) is 0 Å². The van der Waals surface area contributed by atoms with Gasteiger partial charge in [-0.25, -0.2) is 4.39 Å². The first-order chi connectivity index (χ1) is 6.60. The van der Waals surface area contributed by atoms with Gasteiger partial charge in [-0.05, 0) is 37.5 Å². The molecule has 1 aliphatic carbocycles. The molecule has 84 valence electrons. The van der Waals surface area contributed by atoms with Crippen LogP contribution in [0.1, 0.15) is 26.7 Å². The lowest BCUT2D eigenvalue weighted by Crippen LogP contribution is -2.41. The molecule has 1 nitrogen and oxygen atoms in total. The summed E-state index contributed by atoms with van der Waals surface area (Å²) in [6.45, 7) is 4.87. The zero-order valence-electron chi connectivity index (χ0n) is 9.37. The van der Waals surface area contributed by atoms with E-state index >= 15 is 0 Å². The zero-order chi connectivity index (χ0) is 10.7. The maximum Gasteiger partial charge on any atom is 0.105 e. The lowest BCUT2D eigenvalue weighted by molar-refractivity contribution is 0.0886. The van der Waals surface area contributed by atoms with Crippen molar-refractivity contribution in [2.24, 2.45) is 23.5 Å². The van der Waals surface area contributed by atoms with Crippen molar-refractivity contribution in [1.82, 2.24) is 0 Å². The van der Waals surface area contributed by atoms with Crippen LogP contribution in [0.5, 0.6) is 0 Å². The molecule has 2 unspecified atom stereocenters. The molecule has 1 fully saturated rings. The smallest absolute Gasteiger partial charge is 0.105 e. The van der Waals surface area contributed by atoms with Crippen LogP contribution in [0.3, 0.4) is 0 Å². The lowest BCUT2D eigenvalue weighted by atomic mass is 9.72. The molecule has 1 rings (SSSR count). The van der Waals surface area contributed by atoms with Crippen molar-refractivity contribution in [2.75, 3.05) is 12.8 Å². The summed E-state index contributed by atoms with van der Waals surface area (Å²) in [5.41, 5.74) is 5.66. The molecule has 0 spiro atoms. The van der Waals surface area contributed by atoms with Crippen molar-refractivity contribution in [3.05, 3.63) is 0 Å². The van der Waals surface area contributed by atoms with E-state index in [9.17, 15) is 4.39 Å². The fourth-order valence-electron chi connectivity index (χ4n) is 2.55. The molecule has 14 heavy (non-hydrogen) atoms. The van der Waals surface area contributed by atoms with Crippen molar-refractivity contribution < 1.29 is 4.39 Å². The van der Waals surface area contributed by atoms with E-state index in [0.29, 0.717) is 30.1 Å². The number of alkyl halides is 1. The highest BCUT2D eigenvalue weighted by atomic mass is 32.2. The lowest BCUT2D eigenvalue weighted by Gasteiger charge is -2.39. The van der Waals surface area contributed by atoms with E-state index in [2.05, 4.69) is 20.1 Å². The molecule has 4 atom stereocenters. The SMILES string of the molecule is CSC1C[C@@H](C(C)C)C(CN)[C@H](F)C1. The Hall–Kier alpha value is 0.240. The van der Waals surface area contributed by atoms with Gasteiger partial charge in [-0.2, -0.15) is 11.8 Å². The highest BCUT2D eigenvalue weighted by molar-refractivity contribution is 7.99. The van der Waals surface area contributed by atoms with Crippen molar-refractivity contribution in [3.8, 4) is 0 Å². The van der Waals surface area contributed by atoms with Gasteiger partial charge >= 0.3 is 0 Å². The van der Waals surface area contributed by atoms with E-state index in [4.69, 9.17) is 5.73 Å². The third-order valence-electron chi connectivity index (χ3n) is 3.50. The van der Waals surface area contributed by atoms with Crippen molar-refractivity contribution in [3.63, 3.8) is 0 Å². The monoisotopic (exact) mass is 219 g/mol. The van der Waals surface area contributed by atoms with Crippen LogP contribution < -0.4 is 5.73 Å². The molecule has 0 bridgehead atoms. The number of thioether (sulfide) groups is 1. The Morgan fingerprint density at radius 2 is 2.07 bits per heavy atom. The number of nitrogens with two attached hydrogens (primary N) is 1. The average molecular weight is 219 g/mol. The van der Waals surface area contributed by atoms with Crippen LogP contribution in [-0.2, 0) is 0 Å². The Kier molecular flexibility index (Phi) is 4.71. The van der Waals surface area contributed by atoms with E-state index in [1.807, 2.05) is 0 Å². The quantitative estimate of drug-likeness (QED) is 0.790. The largest absolute Gasteiger partial charge is 0.330 e. The molecule has 0 radical (unpaired) electrons. The van der Waals surface area contributed by atoms with Crippen LogP contribution >= 0.6 is 11.8 Å². The van der Waals surface area contributed by atoms with Crippen LogP contribution in [0.4, 0.5) is 4.39 Å². The van der Waals surface area contributed by atoms with Gasteiger partial charge in [-0.1, -0.05) is 13.8 Å². The van der Waals surface area contributed by atoms with E-state index in [1.54, 1.807) is 11.8 Å². The van der Waals surface area contributed by atoms with Gasteiger partial charge < -0.3 is 5.73 Å². The highest BCUT2D eigenvalue weighted by Crippen LogP contribution is 2.40. The van der Waals surface area contributed by atoms with E-state index in [1.165, 1.54) is 0 Å².